The molecule has 0 spiro atoms. The van der Waals surface area contributed by atoms with Crippen molar-refractivity contribution in [1.29, 1.82) is 0 Å². The average Bonchev–Trinajstić information content (AvgIpc) is 2.45. The molecule has 112 valence electrons. The fraction of sp³-hybridized carbons (Fsp3) is 0.571. The van der Waals surface area contributed by atoms with Gasteiger partial charge in [0.1, 0.15) is 0 Å². The first-order valence-corrected chi connectivity index (χ1v) is 7.53. The van der Waals surface area contributed by atoms with Gasteiger partial charge in [-0.15, -0.1) is 0 Å². The highest BCUT2D eigenvalue weighted by Gasteiger charge is 2.16. The van der Waals surface area contributed by atoms with Gasteiger partial charge < -0.3 is 14.4 Å². The monoisotopic (exact) mass is 344 g/mol. The van der Waals surface area contributed by atoms with E-state index in [1.54, 1.807) is 23.4 Å². The Hall–Kier alpha value is -0.980. The van der Waals surface area contributed by atoms with Crippen LogP contribution in [-0.4, -0.2) is 55.3 Å². The molecule has 0 saturated carbocycles. The van der Waals surface area contributed by atoms with Gasteiger partial charge in [-0.05, 0) is 35.8 Å². The van der Waals surface area contributed by atoms with Gasteiger partial charge in [-0.2, -0.15) is 0 Å². The van der Waals surface area contributed by atoms with Gasteiger partial charge in [-0.1, -0.05) is 0 Å². The lowest BCUT2D eigenvalue weighted by atomic mass is 10.2. The van der Waals surface area contributed by atoms with E-state index in [0.29, 0.717) is 45.1 Å². The van der Waals surface area contributed by atoms with E-state index in [9.17, 15) is 4.79 Å². The molecule has 1 aromatic rings. The van der Waals surface area contributed by atoms with Crippen molar-refractivity contribution in [2.75, 3.05) is 39.5 Å². The summed E-state index contributed by atoms with van der Waals surface area (Å²) in [6, 6.07) is 1.77. The predicted octanol–water partition coefficient (Wildman–Crippen LogP) is 2.36. The van der Waals surface area contributed by atoms with Crippen LogP contribution in [0.3, 0.4) is 0 Å². The number of hydrogen-bond acceptors (Lipinski definition) is 4. The summed E-state index contributed by atoms with van der Waals surface area (Å²) in [7, 11) is 0. The minimum atomic E-state index is -0.0572. The molecule has 0 aliphatic rings. The van der Waals surface area contributed by atoms with Crippen LogP contribution in [0.15, 0.2) is 22.9 Å². The molecule has 1 heterocycles. The summed E-state index contributed by atoms with van der Waals surface area (Å²) in [5, 5.41) is 0. The maximum absolute atomic E-state index is 12.4. The number of pyridine rings is 1. The molecular formula is C14H21BrN2O3. The first kappa shape index (κ1) is 17.1. The molecule has 1 amide bonds. The summed E-state index contributed by atoms with van der Waals surface area (Å²) in [5.74, 6) is -0.0572. The summed E-state index contributed by atoms with van der Waals surface area (Å²) in [4.78, 5) is 18.2. The molecule has 0 fully saturated rings. The van der Waals surface area contributed by atoms with E-state index in [1.165, 1.54) is 0 Å². The third-order valence-corrected chi connectivity index (χ3v) is 3.09. The van der Waals surface area contributed by atoms with Gasteiger partial charge >= 0.3 is 0 Å². The Morgan fingerprint density at radius 2 is 1.80 bits per heavy atom. The smallest absolute Gasteiger partial charge is 0.255 e. The molecule has 0 saturated heterocycles. The van der Waals surface area contributed by atoms with Crippen LogP contribution in [0.25, 0.3) is 0 Å². The Morgan fingerprint density at radius 1 is 1.20 bits per heavy atom. The van der Waals surface area contributed by atoms with Crippen molar-refractivity contribution in [2.45, 2.75) is 13.8 Å². The van der Waals surface area contributed by atoms with Crippen molar-refractivity contribution in [3.05, 3.63) is 28.5 Å². The standard InChI is InChI=1S/C14H21BrN2O3/c1-3-19-7-5-17(6-8-20-4-2)14(18)12-9-13(15)11-16-10-12/h9-11H,3-8H2,1-2H3. The van der Waals surface area contributed by atoms with Gasteiger partial charge in [-0.25, -0.2) is 0 Å². The molecule has 0 radical (unpaired) electrons. The highest BCUT2D eigenvalue weighted by atomic mass is 79.9. The number of ether oxygens (including phenoxy) is 2. The Bertz CT molecular complexity index is 405. The zero-order valence-corrected chi connectivity index (χ0v) is 13.6. The minimum absolute atomic E-state index is 0.0572. The normalized spacial score (nSPS) is 10.6. The molecule has 6 heteroatoms. The van der Waals surface area contributed by atoms with Gasteiger partial charge in [0.05, 0.1) is 18.8 Å². The molecule has 0 aliphatic heterocycles. The highest BCUT2D eigenvalue weighted by molar-refractivity contribution is 9.10. The maximum Gasteiger partial charge on any atom is 0.255 e. The van der Waals surface area contributed by atoms with E-state index in [0.717, 1.165) is 4.47 Å². The second-order valence-corrected chi connectivity index (χ2v) is 4.99. The number of rotatable bonds is 9. The summed E-state index contributed by atoms with van der Waals surface area (Å²) in [5.41, 5.74) is 0.562. The second-order valence-electron chi connectivity index (χ2n) is 4.08. The second kappa shape index (κ2) is 9.85. The van der Waals surface area contributed by atoms with Crippen molar-refractivity contribution in [3.8, 4) is 0 Å². The van der Waals surface area contributed by atoms with E-state index < -0.39 is 0 Å². The molecule has 1 aromatic heterocycles. The third-order valence-electron chi connectivity index (χ3n) is 2.66. The first-order chi connectivity index (χ1) is 9.69. The number of hydrogen-bond donors (Lipinski definition) is 0. The SMILES string of the molecule is CCOCCN(CCOCC)C(=O)c1cncc(Br)c1. The van der Waals surface area contributed by atoms with E-state index >= 15 is 0 Å². The number of carbonyl (C=O) groups is 1. The Labute approximate surface area is 128 Å². The van der Waals surface area contributed by atoms with E-state index in [2.05, 4.69) is 20.9 Å². The Balaban J connectivity index is 2.66. The van der Waals surface area contributed by atoms with Crippen molar-refractivity contribution in [2.24, 2.45) is 0 Å². The molecule has 0 unspecified atom stereocenters. The van der Waals surface area contributed by atoms with Crippen LogP contribution in [0, 0.1) is 0 Å². The highest BCUT2D eigenvalue weighted by Crippen LogP contribution is 2.11. The molecule has 0 atom stereocenters. The minimum Gasteiger partial charge on any atom is -0.380 e. The van der Waals surface area contributed by atoms with Gasteiger partial charge in [0.25, 0.3) is 5.91 Å². The predicted molar refractivity (Wildman–Crippen MR) is 80.8 cm³/mol. The fourth-order valence-electron chi connectivity index (χ4n) is 1.66. The molecule has 0 N–H and O–H groups in total. The molecule has 1 rings (SSSR count). The quantitative estimate of drug-likeness (QED) is 0.645. The van der Waals surface area contributed by atoms with Gasteiger partial charge in [0, 0.05) is 43.2 Å². The summed E-state index contributed by atoms with van der Waals surface area (Å²) in [6.07, 6.45) is 3.23. The largest absolute Gasteiger partial charge is 0.380 e. The van der Waals surface area contributed by atoms with E-state index in [-0.39, 0.29) is 5.91 Å². The Morgan fingerprint density at radius 3 is 2.30 bits per heavy atom. The van der Waals surface area contributed by atoms with Crippen molar-refractivity contribution >= 4 is 21.8 Å². The number of amides is 1. The fourth-order valence-corrected chi connectivity index (χ4v) is 2.03. The number of halogens is 1. The zero-order valence-electron chi connectivity index (χ0n) is 12.0. The van der Waals surface area contributed by atoms with Crippen molar-refractivity contribution < 1.29 is 14.3 Å². The van der Waals surface area contributed by atoms with E-state index in [4.69, 9.17) is 9.47 Å². The average molecular weight is 345 g/mol. The number of carbonyl (C=O) groups excluding carboxylic acids is 1. The van der Waals surface area contributed by atoms with Crippen LogP contribution in [-0.2, 0) is 9.47 Å². The lowest BCUT2D eigenvalue weighted by Gasteiger charge is -2.22. The molecular weight excluding hydrogens is 324 g/mol. The lowest BCUT2D eigenvalue weighted by Crippen LogP contribution is -2.36. The van der Waals surface area contributed by atoms with Crippen LogP contribution in [0.4, 0.5) is 0 Å². The van der Waals surface area contributed by atoms with Crippen molar-refractivity contribution in [1.82, 2.24) is 9.88 Å². The van der Waals surface area contributed by atoms with Crippen molar-refractivity contribution in [3.63, 3.8) is 0 Å². The molecule has 20 heavy (non-hydrogen) atoms. The van der Waals surface area contributed by atoms with Crippen LogP contribution in [0.5, 0.6) is 0 Å². The topological polar surface area (TPSA) is 51.7 Å². The summed E-state index contributed by atoms with van der Waals surface area (Å²) >= 11 is 3.32. The number of nitrogens with zero attached hydrogens (tertiary/aromatic N) is 2. The summed E-state index contributed by atoms with van der Waals surface area (Å²) < 4.78 is 11.4. The lowest BCUT2D eigenvalue weighted by molar-refractivity contribution is 0.0549. The molecule has 0 aromatic carbocycles. The van der Waals surface area contributed by atoms with Gasteiger partial charge in [0.2, 0.25) is 0 Å². The van der Waals surface area contributed by atoms with Gasteiger partial charge in [-0.3, -0.25) is 9.78 Å². The molecule has 0 aliphatic carbocycles. The van der Waals surface area contributed by atoms with Gasteiger partial charge in [0.15, 0.2) is 0 Å². The Kier molecular flexibility index (Phi) is 8.41. The molecule has 5 nitrogen and oxygen atoms in total. The van der Waals surface area contributed by atoms with Crippen LogP contribution in [0.2, 0.25) is 0 Å². The number of aromatic nitrogens is 1. The van der Waals surface area contributed by atoms with E-state index in [1.807, 2.05) is 13.8 Å². The molecule has 0 bridgehead atoms. The van der Waals surface area contributed by atoms with Crippen LogP contribution >= 0.6 is 15.9 Å². The maximum atomic E-state index is 12.4. The van der Waals surface area contributed by atoms with Crippen LogP contribution < -0.4 is 0 Å². The third kappa shape index (κ3) is 5.98. The van der Waals surface area contributed by atoms with Crippen LogP contribution in [0.1, 0.15) is 24.2 Å². The first-order valence-electron chi connectivity index (χ1n) is 6.74. The zero-order chi connectivity index (χ0) is 14.8. The summed E-state index contributed by atoms with van der Waals surface area (Å²) in [6.45, 7) is 7.30.